The molecule has 0 radical (unpaired) electrons. The zero-order valence-electron chi connectivity index (χ0n) is 7.54. The molecule has 0 fully saturated rings. The summed E-state index contributed by atoms with van der Waals surface area (Å²) >= 11 is 0. The highest BCUT2D eigenvalue weighted by Crippen LogP contribution is 2.01. The van der Waals surface area contributed by atoms with Gasteiger partial charge in [-0.05, 0) is 20.3 Å². The molecule has 0 rings (SSSR count). The molecule has 3 heteroatoms. The van der Waals surface area contributed by atoms with Crippen LogP contribution >= 0.6 is 0 Å². The van der Waals surface area contributed by atoms with Crippen LogP contribution in [0, 0.1) is 0 Å². The Hall–Kier alpha value is -0.120. The average molecular weight is 161 g/mol. The van der Waals surface area contributed by atoms with E-state index >= 15 is 0 Å². The van der Waals surface area contributed by atoms with Crippen LogP contribution in [-0.4, -0.2) is 28.6 Å². The largest absolute Gasteiger partial charge is 0.392 e. The monoisotopic (exact) mass is 161 g/mol. The second kappa shape index (κ2) is 5.52. The Morgan fingerprint density at radius 3 is 2.18 bits per heavy atom. The number of aliphatic hydroxyl groups excluding tert-OH is 2. The number of nitrogens with one attached hydrogen (secondary N) is 1. The van der Waals surface area contributed by atoms with Crippen LogP contribution in [0.5, 0.6) is 0 Å². The van der Waals surface area contributed by atoms with Crippen molar-refractivity contribution in [2.45, 2.75) is 52.0 Å². The molecule has 0 aromatic carbocycles. The molecule has 0 saturated heterocycles. The van der Waals surface area contributed by atoms with E-state index in [4.69, 9.17) is 5.11 Å². The van der Waals surface area contributed by atoms with Crippen LogP contribution < -0.4 is 5.32 Å². The molecule has 3 atom stereocenters. The first-order valence-corrected chi connectivity index (χ1v) is 4.20. The lowest BCUT2D eigenvalue weighted by Crippen LogP contribution is -2.42. The van der Waals surface area contributed by atoms with Crippen LogP contribution in [0.4, 0.5) is 0 Å². The van der Waals surface area contributed by atoms with E-state index in [0.717, 1.165) is 12.8 Å². The van der Waals surface area contributed by atoms with Gasteiger partial charge in [-0.1, -0.05) is 13.3 Å². The van der Waals surface area contributed by atoms with E-state index in [9.17, 15) is 5.11 Å². The van der Waals surface area contributed by atoms with Gasteiger partial charge in [0, 0.05) is 6.04 Å². The second-order valence-electron chi connectivity index (χ2n) is 2.99. The summed E-state index contributed by atoms with van der Waals surface area (Å²) in [5.74, 6) is 0. The van der Waals surface area contributed by atoms with E-state index < -0.39 is 6.23 Å². The molecule has 0 aliphatic carbocycles. The lowest BCUT2D eigenvalue weighted by atomic mass is 10.1. The molecular weight excluding hydrogens is 142 g/mol. The third-order valence-corrected chi connectivity index (χ3v) is 1.67. The number of rotatable bonds is 5. The first-order chi connectivity index (χ1) is 5.07. The second-order valence-corrected chi connectivity index (χ2v) is 2.99. The summed E-state index contributed by atoms with van der Waals surface area (Å²) in [6, 6.07) is -0.0325. The summed E-state index contributed by atoms with van der Waals surface area (Å²) in [4.78, 5) is 0. The lowest BCUT2D eigenvalue weighted by molar-refractivity contribution is 0.0754. The van der Waals surface area contributed by atoms with Crippen molar-refractivity contribution in [1.82, 2.24) is 5.32 Å². The normalized spacial score (nSPS) is 19.4. The maximum Gasteiger partial charge on any atom is 0.102 e. The Balaban J connectivity index is 3.54. The smallest absolute Gasteiger partial charge is 0.102 e. The van der Waals surface area contributed by atoms with Gasteiger partial charge in [-0.15, -0.1) is 0 Å². The summed E-state index contributed by atoms with van der Waals surface area (Å²) in [7, 11) is 0. The van der Waals surface area contributed by atoms with Crippen LogP contribution in [0.25, 0.3) is 0 Å². The van der Waals surface area contributed by atoms with Crippen LogP contribution in [0.2, 0.25) is 0 Å². The van der Waals surface area contributed by atoms with Crippen molar-refractivity contribution in [3.05, 3.63) is 0 Å². The van der Waals surface area contributed by atoms with Gasteiger partial charge in [0.25, 0.3) is 0 Å². The van der Waals surface area contributed by atoms with Crippen LogP contribution in [0.3, 0.4) is 0 Å². The van der Waals surface area contributed by atoms with Gasteiger partial charge in [-0.2, -0.15) is 0 Å². The zero-order valence-corrected chi connectivity index (χ0v) is 7.54. The van der Waals surface area contributed by atoms with E-state index in [2.05, 4.69) is 5.32 Å². The van der Waals surface area contributed by atoms with E-state index in [1.54, 1.807) is 6.92 Å². The van der Waals surface area contributed by atoms with Gasteiger partial charge in [0.15, 0.2) is 0 Å². The molecular formula is C8H19NO2. The molecule has 0 spiro atoms. The molecule has 68 valence electrons. The standard InChI is InChI=1S/C8H19NO2/c1-4-5-8(11)6(2)9-7(3)10/h6-11H,4-5H2,1-3H3. The van der Waals surface area contributed by atoms with Crippen molar-refractivity contribution in [3.8, 4) is 0 Å². The Bertz CT molecular complexity index is 96.1. The molecule has 0 aliphatic rings. The highest BCUT2D eigenvalue weighted by molar-refractivity contribution is 4.70. The Morgan fingerprint density at radius 2 is 1.82 bits per heavy atom. The van der Waals surface area contributed by atoms with E-state index in [1.165, 1.54) is 0 Å². The molecule has 3 nitrogen and oxygen atoms in total. The minimum absolute atomic E-state index is 0.0325. The predicted molar refractivity (Wildman–Crippen MR) is 45.2 cm³/mol. The van der Waals surface area contributed by atoms with Gasteiger partial charge in [-0.25, -0.2) is 0 Å². The summed E-state index contributed by atoms with van der Waals surface area (Å²) in [5, 5.41) is 21.1. The van der Waals surface area contributed by atoms with E-state index in [0.29, 0.717) is 0 Å². The maximum absolute atomic E-state index is 9.39. The minimum Gasteiger partial charge on any atom is -0.392 e. The quantitative estimate of drug-likeness (QED) is 0.514. The Morgan fingerprint density at radius 1 is 1.27 bits per heavy atom. The SMILES string of the molecule is CCCC(O)C(C)NC(C)O. The van der Waals surface area contributed by atoms with E-state index in [-0.39, 0.29) is 12.1 Å². The zero-order chi connectivity index (χ0) is 8.85. The molecule has 3 unspecified atom stereocenters. The molecule has 0 amide bonds. The third-order valence-electron chi connectivity index (χ3n) is 1.67. The predicted octanol–water partition coefficient (Wildman–Crippen LogP) is 0.464. The van der Waals surface area contributed by atoms with Crippen LogP contribution in [0.1, 0.15) is 33.6 Å². The van der Waals surface area contributed by atoms with Gasteiger partial charge in [-0.3, -0.25) is 5.32 Å². The Kier molecular flexibility index (Phi) is 5.46. The summed E-state index contributed by atoms with van der Waals surface area (Å²) < 4.78 is 0. The highest BCUT2D eigenvalue weighted by Gasteiger charge is 2.13. The summed E-state index contributed by atoms with van der Waals surface area (Å²) in [5.41, 5.74) is 0. The molecule has 0 bridgehead atoms. The van der Waals surface area contributed by atoms with Gasteiger partial charge < -0.3 is 10.2 Å². The number of hydrogen-bond acceptors (Lipinski definition) is 3. The first kappa shape index (κ1) is 10.9. The number of hydrogen-bond donors (Lipinski definition) is 3. The molecule has 0 aromatic heterocycles. The van der Waals surface area contributed by atoms with Gasteiger partial charge in [0.2, 0.25) is 0 Å². The molecule has 0 aliphatic heterocycles. The first-order valence-electron chi connectivity index (χ1n) is 4.20. The van der Waals surface area contributed by atoms with E-state index in [1.807, 2.05) is 13.8 Å². The molecule has 0 heterocycles. The highest BCUT2D eigenvalue weighted by atomic mass is 16.3. The summed E-state index contributed by atoms with van der Waals surface area (Å²) in [6.45, 7) is 5.54. The summed E-state index contributed by atoms with van der Waals surface area (Å²) in [6.07, 6.45) is 0.847. The molecule has 3 N–H and O–H groups in total. The third kappa shape index (κ3) is 5.18. The lowest BCUT2D eigenvalue weighted by Gasteiger charge is -2.21. The molecule has 0 aromatic rings. The van der Waals surface area contributed by atoms with Crippen molar-refractivity contribution >= 4 is 0 Å². The topological polar surface area (TPSA) is 52.5 Å². The Labute approximate surface area is 68.4 Å². The number of aliphatic hydroxyl groups is 2. The minimum atomic E-state index is -0.545. The van der Waals surface area contributed by atoms with Crippen molar-refractivity contribution in [1.29, 1.82) is 0 Å². The molecule has 11 heavy (non-hydrogen) atoms. The fourth-order valence-corrected chi connectivity index (χ4v) is 1.04. The van der Waals surface area contributed by atoms with Gasteiger partial charge in [0.05, 0.1) is 6.10 Å². The van der Waals surface area contributed by atoms with Crippen molar-refractivity contribution < 1.29 is 10.2 Å². The van der Waals surface area contributed by atoms with Crippen LogP contribution in [0.15, 0.2) is 0 Å². The fraction of sp³-hybridized carbons (Fsp3) is 1.00. The van der Waals surface area contributed by atoms with Crippen molar-refractivity contribution in [3.63, 3.8) is 0 Å². The van der Waals surface area contributed by atoms with Gasteiger partial charge in [0.1, 0.15) is 6.23 Å². The van der Waals surface area contributed by atoms with Crippen molar-refractivity contribution in [2.75, 3.05) is 0 Å². The fourth-order valence-electron chi connectivity index (χ4n) is 1.04. The van der Waals surface area contributed by atoms with Crippen LogP contribution in [-0.2, 0) is 0 Å². The van der Waals surface area contributed by atoms with Crippen molar-refractivity contribution in [2.24, 2.45) is 0 Å². The average Bonchev–Trinajstić information content (AvgIpc) is 1.86. The van der Waals surface area contributed by atoms with Gasteiger partial charge >= 0.3 is 0 Å². The molecule has 0 saturated carbocycles. The maximum atomic E-state index is 9.39.